The van der Waals surface area contributed by atoms with E-state index in [4.69, 9.17) is 4.43 Å². The molecule has 15 heavy (non-hydrogen) atoms. The number of para-hydroxylation sites is 1. The van der Waals surface area contributed by atoms with Gasteiger partial charge in [-0.2, -0.15) is 0 Å². The minimum atomic E-state index is -1.48. The molecule has 0 amide bonds. The van der Waals surface area contributed by atoms with Crippen LogP contribution in [0.25, 0.3) is 0 Å². The quantitative estimate of drug-likeness (QED) is 0.510. The van der Waals surface area contributed by atoms with Crippen molar-refractivity contribution in [1.82, 2.24) is 0 Å². The highest BCUT2D eigenvalue weighted by atomic mass is 28.4. The van der Waals surface area contributed by atoms with Crippen molar-refractivity contribution in [3.8, 4) is 5.75 Å². The molecule has 2 heteroatoms. The second-order valence-electron chi connectivity index (χ2n) is 4.63. The monoisotopic (exact) mass is 222 g/mol. The van der Waals surface area contributed by atoms with Gasteiger partial charge in [0.05, 0.1) is 0 Å². The minimum Gasteiger partial charge on any atom is -0.544 e. The molecule has 1 nitrogen and oxygen atoms in total. The van der Waals surface area contributed by atoms with Crippen LogP contribution in [0.3, 0.4) is 0 Å². The van der Waals surface area contributed by atoms with Gasteiger partial charge in [0.2, 0.25) is 8.32 Å². The predicted octanol–water partition coefficient (Wildman–Crippen LogP) is 4.46. The third-order valence-electron chi connectivity index (χ3n) is 2.52. The summed E-state index contributed by atoms with van der Waals surface area (Å²) in [4.78, 5) is 0. The first-order valence-corrected chi connectivity index (χ1v) is 8.99. The van der Waals surface area contributed by atoms with Crippen LogP contribution in [0.5, 0.6) is 5.75 Å². The van der Waals surface area contributed by atoms with E-state index < -0.39 is 8.32 Å². The Morgan fingerprint density at radius 1 is 1.07 bits per heavy atom. The van der Waals surface area contributed by atoms with Crippen LogP contribution in [0.1, 0.15) is 26.2 Å². The first kappa shape index (κ1) is 12.3. The van der Waals surface area contributed by atoms with Crippen molar-refractivity contribution >= 4 is 8.32 Å². The summed E-state index contributed by atoms with van der Waals surface area (Å²) >= 11 is 0. The molecule has 0 spiro atoms. The number of hydrogen-bond acceptors (Lipinski definition) is 1. The molecule has 84 valence electrons. The fourth-order valence-corrected chi connectivity index (χ4v) is 3.64. The zero-order valence-corrected chi connectivity index (χ0v) is 11.1. The van der Waals surface area contributed by atoms with E-state index in [0.717, 1.165) is 5.75 Å². The van der Waals surface area contributed by atoms with Crippen LogP contribution in [-0.4, -0.2) is 8.32 Å². The van der Waals surface area contributed by atoms with Crippen LogP contribution in [-0.2, 0) is 0 Å². The van der Waals surface area contributed by atoms with Gasteiger partial charge in [0.15, 0.2) is 0 Å². The lowest BCUT2D eigenvalue weighted by atomic mass is 10.3. The zero-order chi connectivity index (χ0) is 11.1. The molecule has 0 fully saturated rings. The van der Waals surface area contributed by atoms with Gasteiger partial charge in [-0.15, -0.1) is 0 Å². The summed E-state index contributed by atoms with van der Waals surface area (Å²) in [6.45, 7) is 6.85. The van der Waals surface area contributed by atoms with E-state index in [1.54, 1.807) is 0 Å². The van der Waals surface area contributed by atoms with Gasteiger partial charge < -0.3 is 4.43 Å². The first-order valence-electron chi connectivity index (χ1n) is 5.88. The number of unbranched alkanes of at least 4 members (excludes halogenated alkanes) is 2. The normalized spacial score (nSPS) is 11.4. The highest BCUT2D eigenvalue weighted by Crippen LogP contribution is 2.20. The van der Waals surface area contributed by atoms with Crippen LogP contribution in [0.2, 0.25) is 19.1 Å². The topological polar surface area (TPSA) is 9.23 Å². The van der Waals surface area contributed by atoms with E-state index in [-0.39, 0.29) is 0 Å². The molecule has 0 atom stereocenters. The predicted molar refractivity (Wildman–Crippen MR) is 68.9 cm³/mol. The number of benzene rings is 1. The van der Waals surface area contributed by atoms with E-state index in [1.807, 2.05) is 18.2 Å². The minimum absolute atomic E-state index is 1.03. The van der Waals surface area contributed by atoms with E-state index in [0.29, 0.717) is 0 Å². The molecule has 1 aromatic rings. The molecule has 1 aromatic carbocycles. The smallest absolute Gasteiger partial charge is 0.245 e. The van der Waals surface area contributed by atoms with Gasteiger partial charge in [0.1, 0.15) is 5.75 Å². The lowest BCUT2D eigenvalue weighted by Crippen LogP contribution is -2.33. The molecule has 0 aliphatic heterocycles. The SMILES string of the molecule is CCCCC[Si](C)(C)Oc1ccccc1. The summed E-state index contributed by atoms with van der Waals surface area (Å²) in [5, 5.41) is 0. The van der Waals surface area contributed by atoms with Gasteiger partial charge in [0, 0.05) is 0 Å². The van der Waals surface area contributed by atoms with Crippen LogP contribution in [0, 0.1) is 0 Å². The molecule has 1 rings (SSSR count). The molecule has 0 saturated heterocycles. The Bertz CT molecular complexity index is 269. The Kier molecular flexibility index (Phi) is 4.89. The van der Waals surface area contributed by atoms with Crippen LogP contribution < -0.4 is 4.43 Å². The Morgan fingerprint density at radius 3 is 2.33 bits per heavy atom. The summed E-state index contributed by atoms with van der Waals surface area (Å²) < 4.78 is 6.09. The van der Waals surface area contributed by atoms with Crippen LogP contribution >= 0.6 is 0 Å². The molecule has 0 aliphatic rings. The maximum absolute atomic E-state index is 6.09. The van der Waals surface area contributed by atoms with E-state index in [9.17, 15) is 0 Å². The first-order chi connectivity index (χ1) is 7.14. The Balaban J connectivity index is 2.42. The largest absolute Gasteiger partial charge is 0.544 e. The average Bonchev–Trinajstić information content (AvgIpc) is 2.18. The number of hydrogen-bond donors (Lipinski definition) is 0. The van der Waals surface area contributed by atoms with Crippen molar-refractivity contribution in [3.05, 3.63) is 30.3 Å². The van der Waals surface area contributed by atoms with Crippen LogP contribution in [0.15, 0.2) is 30.3 Å². The molecule has 0 aliphatic carbocycles. The molecular weight excluding hydrogens is 200 g/mol. The van der Waals surface area contributed by atoms with E-state index >= 15 is 0 Å². The van der Waals surface area contributed by atoms with Gasteiger partial charge in [-0.1, -0.05) is 44.4 Å². The van der Waals surface area contributed by atoms with Crippen molar-refractivity contribution in [2.75, 3.05) is 0 Å². The maximum atomic E-state index is 6.09. The van der Waals surface area contributed by atoms with Crippen molar-refractivity contribution in [2.24, 2.45) is 0 Å². The van der Waals surface area contributed by atoms with Crippen LogP contribution in [0.4, 0.5) is 0 Å². The second kappa shape index (κ2) is 5.96. The third kappa shape index (κ3) is 5.03. The second-order valence-corrected chi connectivity index (χ2v) is 8.86. The molecule has 0 N–H and O–H groups in total. The molecule has 0 bridgehead atoms. The fourth-order valence-electron chi connectivity index (χ4n) is 1.66. The summed E-state index contributed by atoms with van der Waals surface area (Å²) in [5.41, 5.74) is 0. The molecular formula is C13H22OSi. The highest BCUT2D eigenvalue weighted by Gasteiger charge is 2.23. The molecule has 0 aromatic heterocycles. The average molecular weight is 222 g/mol. The Labute approximate surface area is 94.6 Å². The Morgan fingerprint density at radius 2 is 1.73 bits per heavy atom. The molecule has 0 unspecified atom stereocenters. The van der Waals surface area contributed by atoms with Crippen molar-refractivity contribution < 1.29 is 4.43 Å². The summed E-state index contributed by atoms with van der Waals surface area (Å²) in [7, 11) is -1.48. The van der Waals surface area contributed by atoms with Gasteiger partial charge >= 0.3 is 0 Å². The number of rotatable bonds is 6. The fraction of sp³-hybridized carbons (Fsp3) is 0.538. The Hall–Kier alpha value is -0.763. The zero-order valence-electron chi connectivity index (χ0n) is 10.1. The van der Waals surface area contributed by atoms with Gasteiger partial charge in [-0.3, -0.25) is 0 Å². The summed E-state index contributed by atoms with van der Waals surface area (Å²) in [5.74, 6) is 1.03. The van der Waals surface area contributed by atoms with Crippen molar-refractivity contribution in [1.29, 1.82) is 0 Å². The summed E-state index contributed by atoms with van der Waals surface area (Å²) in [6.07, 6.45) is 3.92. The van der Waals surface area contributed by atoms with Gasteiger partial charge in [-0.25, -0.2) is 0 Å². The summed E-state index contributed by atoms with van der Waals surface area (Å²) in [6, 6.07) is 11.5. The van der Waals surface area contributed by atoms with Gasteiger partial charge in [0.25, 0.3) is 0 Å². The molecule has 0 saturated carbocycles. The lowest BCUT2D eigenvalue weighted by molar-refractivity contribution is 0.540. The van der Waals surface area contributed by atoms with Crippen molar-refractivity contribution in [3.63, 3.8) is 0 Å². The third-order valence-corrected chi connectivity index (χ3v) is 4.87. The molecule has 0 radical (unpaired) electrons. The lowest BCUT2D eigenvalue weighted by Gasteiger charge is -2.24. The van der Waals surface area contributed by atoms with E-state index in [2.05, 4.69) is 32.2 Å². The standard InChI is InChI=1S/C13H22OSi/c1-4-5-9-12-15(2,3)14-13-10-7-6-8-11-13/h6-8,10-11H,4-5,9,12H2,1-3H3. The van der Waals surface area contributed by atoms with E-state index in [1.165, 1.54) is 25.3 Å². The maximum Gasteiger partial charge on any atom is 0.245 e. The van der Waals surface area contributed by atoms with Gasteiger partial charge in [-0.05, 0) is 31.3 Å². The molecule has 0 heterocycles. The highest BCUT2D eigenvalue weighted by molar-refractivity contribution is 6.71. The van der Waals surface area contributed by atoms with Crippen molar-refractivity contribution in [2.45, 2.75) is 45.3 Å².